The third-order valence-electron chi connectivity index (χ3n) is 5.07. The number of aryl methyl sites for hydroxylation is 3. The predicted molar refractivity (Wildman–Crippen MR) is 128 cm³/mol. The van der Waals surface area contributed by atoms with Gasteiger partial charge in [0.2, 0.25) is 0 Å². The quantitative estimate of drug-likeness (QED) is 0.493. The molecule has 1 amide bonds. The molecule has 0 saturated heterocycles. The number of carbonyl (C=O) groups excluding carboxylic acids is 1. The van der Waals surface area contributed by atoms with Crippen LogP contribution in [-0.4, -0.2) is 15.9 Å². The van der Waals surface area contributed by atoms with E-state index in [9.17, 15) is 9.59 Å². The molecule has 0 saturated carbocycles. The maximum atomic E-state index is 13.0. The zero-order chi connectivity index (χ0) is 22.2. The summed E-state index contributed by atoms with van der Waals surface area (Å²) in [7, 11) is 0. The van der Waals surface area contributed by atoms with Crippen LogP contribution >= 0.6 is 27.3 Å². The monoisotopic (exact) mass is 489 g/mol. The van der Waals surface area contributed by atoms with E-state index in [1.807, 2.05) is 26.0 Å². The summed E-state index contributed by atoms with van der Waals surface area (Å²) in [4.78, 5) is 33.1. The fraction of sp³-hybridized carbons (Fsp3) is 0.435. The number of H-pyrrole nitrogens is 1. The summed E-state index contributed by atoms with van der Waals surface area (Å²) in [5, 5.41) is 3.98. The van der Waals surface area contributed by atoms with Crippen molar-refractivity contribution in [1.82, 2.24) is 15.3 Å². The third-order valence-corrected chi connectivity index (χ3v) is 7.47. The van der Waals surface area contributed by atoms with E-state index in [0.717, 1.165) is 49.4 Å². The molecule has 3 aromatic rings. The first-order valence-corrected chi connectivity index (χ1v) is 11.7. The van der Waals surface area contributed by atoms with Gasteiger partial charge in [-0.3, -0.25) is 9.59 Å². The molecule has 0 unspecified atom stereocenters. The van der Waals surface area contributed by atoms with Crippen LogP contribution in [0.3, 0.4) is 0 Å². The second kappa shape index (κ2) is 8.63. The minimum absolute atomic E-state index is 0.0554. The molecule has 0 radical (unpaired) electrons. The van der Waals surface area contributed by atoms with E-state index in [4.69, 9.17) is 4.98 Å². The van der Waals surface area contributed by atoms with Crippen LogP contribution in [0.4, 0.5) is 0 Å². The van der Waals surface area contributed by atoms with E-state index in [-0.39, 0.29) is 23.4 Å². The lowest BCUT2D eigenvalue weighted by molar-refractivity contribution is 0.0950. The molecule has 0 aliphatic rings. The molecular formula is C23H28BrN3O2S. The Morgan fingerprint density at radius 3 is 2.60 bits per heavy atom. The summed E-state index contributed by atoms with van der Waals surface area (Å²) >= 11 is 5.26. The van der Waals surface area contributed by atoms with Crippen molar-refractivity contribution in [2.24, 2.45) is 0 Å². The van der Waals surface area contributed by atoms with Crippen LogP contribution in [0.5, 0.6) is 0 Å². The number of aromatic nitrogens is 2. The molecule has 0 bridgehead atoms. The molecule has 2 heterocycles. The first-order valence-electron chi connectivity index (χ1n) is 10.1. The first-order chi connectivity index (χ1) is 14.0. The van der Waals surface area contributed by atoms with Gasteiger partial charge in [0.25, 0.3) is 11.5 Å². The predicted octanol–water partition coefficient (Wildman–Crippen LogP) is 5.54. The minimum Gasteiger partial charge on any atom is -0.348 e. The molecule has 2 N–H and O–H groups in total. The number of fused-ring (bicyclic) bond motifs is 1. The maximum Gasteiger partial charge on any atom is 0.253 e. The highest BCUT2D eigenvalue weighted by atomic mass is 79.9. The van der Waals surface area contributed by atoms with E-state index < -0.39 is 0 Å². The summed E-state index contributed by atoms with van der Waals surface area (Å²) < 4.78 is 1.91. The second-order valence-electron chi connectivity index (χ2n) is 8.70. The maximum absolute atomic E-state index is 13.0. The Labute approximate surface area is 189 Å². The van der Waals surface area contributed by atoms with E-state index in [1.165, 1.54) is 0 Å². The van der Waals surface area contributed by atoms with Gasteiger partial charge in [-0.2, -0.15) is 0 Å². The highest BCUT2D eigenvalue weighted by Crippen LogP contribution is 2.38. The molecule has 0 aliphatic heterocycles. The van der Waals surface area contributed by atoms with Crippen molar-refractivity contribution in [3.63, 3.8) is 0 Å². The third kappa shape index (κ3) is 4.52. The molecule has 0 spiro atoms. The summed E-state index contributed by atoms with van der Waals surface area (Å²) in [5.41, 5.74) is 4.52. The lowest BCUT2D eigenvalue weighted by Crippen LogP contribution is -2.29. The van der Waals surface area contributed by atoms with Gasteiger partial charge < -0.3 is 10.3 Å². The topological polar surface area (TPSA) is 74.8 Å². The molecule has 160 valence electrons. The standard InChI is InChI=1S/C23H28BrN3O2S/c1-7-8-14-9-12(2)26-21(29)16(14)11-25-20(28)15-10-17(24)19-18(13(15)3)27-22(30-19)23(4,5)6/h9-10H,7-8,11H2,1-6H3,(H,25,28)(H,26,29). The highest BCUT2D eigenvalue weighted by Gasteiger charge is 2.23. The van der Waals surface area contributed by atoms with E-state index in [0.29, 0.717) is 11.1 Å². The van der Waals surface area contributed by atoms with Gasteiger partial charge in [-0.05, 0) is 59.5 Å². The molecule has 1 aromatic carbocycles. The molecular weight excluding hydrogens is 462 g/mol. The Bertz CT molecular complexity index is 1170. The largest absolute Gasteiger partial charge is 0.348 e. The average molecular weight is 490 g/mol. The number of pyridine rings is 1. The molecule has 7 heteroatoms. The summed E-state index contributed by atoms with van der Waals surface area (Å²) in [6, 6.07) is 3.84. The molecule has 30 heavy (non-hydrogen) atoms. The van der Waals surface area contributed by atoms with Crippen molar-refractivity contribution >= 4 is 43.4 Å². The molecule has 5 nitrogen and oxygen atoms in total. The molecule has 2 aromatic heterocycles. The number of rotatable bonds is 5. The summed E-state index contributed by atoms with van der Waals surface area (Å²) in [6.07, 6.45) is 1.74. The average Bonchev–Trinajstić information content (AvgIpc) is 3.11. The summed E-state index contributed by atoms with van der Waals surface area (Å²) in [5.74, 6) is -0.206. The van der Waals surface area contributed by atoms with Crippen molar-refractivity contribution in [1.29, 1.82) is 0 Å². The number of thiazole rings is 1. The lowest BCUT2D eigenvalue weighted by Gasteiger charge is -2.13. The Hall–Kier alpha value is -1.99. The Morgan fingerprint density at radius 2 is 1.97 bits per heavy atom. The molecule has 0 fully saturated rings. The summed E-state index contributed by atoms with van der Waals surface area (Å²) in [6.45, 7) is 12.5. The molecule has 0 atom stereocenters. The van der Waals surface area contributed by atoms with Crippen molar-refractivity contribution in [3.8, 4) is 0 Å². The fourth-order valence-electron chi connectivity index (χ4n) is 3.46. The van der Waals surface area contributed by atoms with Crippen LogP contribution in [0, 0.1) is 13.8 Å². The van der Waals surface area contributed by atoms with Gasteiger partial charge in [-0.1, -0.05) is 34.1 Å². The SMILES string of the molecule is CCCc1cc(C)[nH]c(=O)c1CNC(=O)c1cc(Br)c2sc(C(C)(C)C)nc2c1C. The van der Waals surface area contributed by atoms with Gasteiger partial charge in [0.15, 0.2) is 0 Å². The molecule has 0 aliphatic carbocycles. The van der Waals surface area contributed by atoms with Gasteiger partial charge in [-0.25, -0.2) is 4.98 Å². The van der Waals surface area contributed by atoms with Crippen molar-refractivity contribution < 1.29 is 4.79 Å². The number of carbonyl (C=O) groups is 1. The van der Waals surface area contributed by atoms with Crippen LogP contribution in [-0.2, 0) is 18.4 Å². The number of hydrogen-bond donors (Lipinski definition) is 2. The Morgan fingerprint density at radius 1 is 1.27 bits per heavy atom. The van der Waals surface area contributed by atoms with Crippen molar-refractivity contribution in [3.05, 3.63) is 59.9 Å². The smallest absolute Gasteiger partial charge is 0.253 e. The van der Waals surface area contributed by atoms with Gasteiger partial charge in [-0.15, -0.1) is 11.3 Å². The molecule has 3 rings (SSSR count). The zero-order valence-corrected chi connectivity index (χ0v) is 20.7. The normalized spacial score (nSPS) is 11.8. The number of benzene rings is 1. The van der Waals surface area contributed by atoms with Crippen LogP contribution < -0.4 is 10.9 Å². The van der Waals surface area contributed by atoms with Crippen molar-refractivity contribution in [2.45, 2.75) is 66.3 Å². The number of hydrogen-bond acceptors (Lipinski definition) is 4. The lowest BCUT2D eigenvalue weighted by atomic mass is 9.98. The minimum atomic E-state index is -0.206. The number of nitrogens with one attached hydrogen (secondary N) is 2. The van der Waals surface area contributed by atoms with E-state index in [1.54, 1.807) is 11.3 Å². The second-order valence-corrected chi connectivity index (χ2v) is 10.5. The zero-order valence-electron chi connectivity index (χ0n) is 18.3. The van der Waals surface area contributed by atoms with Crippen LogP contribution in [0.25, 0.3) is 10.2 Å². The van der Waals surface area contributed by atoms with Gasteiger partial charge in [0, 0.05) is 33.3 Å². The van der Waals surface area contributed by atoms with Gasteiger partial charge in [0.1, 0.15) is 0 Å². The highest BCUT2D eigenvalue weighted by molar-refractivity contribution is 9.10. The Kier molecular flexibility index (Phi) is 6.53. The number of halogens is 1. The van der Waals surface area contributed by atoms with Crippen LogP contribution in [0.2, 0.25) is 0 Å². The Balaban J connectivity index is 1.93. The van der Waals surface area contributed by atoms with Crippen LogP contribution in [0.15, 0.2) is 21.4 Å². The number of nitrogens with zero attached hydrogens (tertiary/aromatic N) is 1. The van der Waals surface area contributed by atoms with E-state index >= 15 is 0 Å². The van der Waals surface area contributed by atoms with E-state index in [2.05, 4.69) is 53.9 Å². The van der Waals surface area contributed by atoms with Gasteiger partial charge in [0.05, 0.1) is 15.2 Å². The number of aromatic amines is 1. The van der Waals surface area contributed by atoms with Gasteiger partial charge >= 0.3 is 0 Å². The van der Waals surface area contributed by atoms with Crippen molar-refractivity contribution in [2.75, 3.05) is 0 Å². The fourth-order valence-corrected chi connectivity index (χ4v) is 5.20. The van der Waals surface area contributed by atoms with Crippen LogP contribution in [0.1, 0.15) is 71.9 Å². The first kappa shape index (κ1) is 22.7. The number of amides is 1.